The van der Waals surface area contributed by atoms with Crippen molar-refractivity contribution in [2.75, 3.05) is 0 Å². The summed E-state index contributed by atoms with van der Waals surface area (Å²) < 4.78 is 1.91. The Balaban J connectivity index is 1.28. The molecule has 3 nitrogen and oxygen atoms in total. The lowest BCUT2D eigenvalue weighted by Crippen LogP contribution is -1.86. The zero-order chi connectivity index (χ0) is 24.0. The van der Waals surface area contributed by atoms with Crippen molar-refractivity contribution < 1.29 is 0 Å². The van der Waals surface area contributed by atoms with Crippen molar-refractivity contribution >= 4 is 16.3 Å². The fourth-order valence-corrected chi connectivity index (χ4v) is 5.31. The summed E-state index contributed by atoms with van der Waals surface area (Å²) in [6, 6.07) is 26.5. The van der Waals surface area contributed by atoms with Crippen LogP contribution in [-0.2, 0) is 12.8 Å². The van der Waals surface area contributed by atoms with Crippen molar-refractivity contribution in [3.8, 4) is 33.0 Å². The van der Waals surface area contributed by atoms with E-state index < -0.39 is 0 Å². The Kier molecular flexibility index (Phi) is 7.39. The van der Waals surface area contributed by atoms with E-state index in [9.17, 15) is 0 Å². The zero-order valence-corrected chi connectivity index (χ0v) is 21.5. The van der Waals surface area contributed by atoms with Crippen molar-refractivity contribution in [2.45, 2.75) is 58.8 Å². The Labute approximate surface area is 212 Å². The van der Waals surface area contributed by atoms with Crippen molar-refractivity contribution in [1.29, 1.82) is 0 Å². The molecule has 0 aliphatic heterocycles. The van der Waals surface area contributed by atoms with Gasteiger partial charge in [0.25, 0.3) is 0 Å². The smallest absolute Gasteiger partial charge is 0.213 e. The summed E-state index contributed by atoms with van der Waals surface area (Å²) in [6.07, 6.45) is 10.7. The Morgan fingerprint density at radius 3 is 1.77 bits per heavy atom. The predicted octanol–water partition coefficient (Wildman–Crippen LogP) is 8.87. The minimum absolute atomic E-state index is 0.924. The van der Waals surface area contributed by atoms with Gasteiger partial charge < -0.3 is 0 Å². The van der Waals surface area contributed by atoms with Crippen LogP contribution in [0.2, 0.25) is 0 Å². The molecule has 0 saturated carbocycles. The standard InChI is InChI=1S/C31H33N3S/c1-3-5-7-9-24-10-14-25(15-11-24)26-18-20-27(21-19-26)29-22-34-31(32-29)35-30(33-34)28-16-12-23(13-17-28)8-6-4-2/h10-22H,3-9H2,1-2H3. The van der Waals surface area contributed by atoms with E-state index in [4.69, 9.17) is 10.1 Å². The summed E-state index contributed by atoms with van der Waals surface area (Å²) >= 11 is 1.64. The summed E-state index contributed by atoms with van der Waals surface area (Å²) in [5.74, 6) is 0. The van der Waals surface area contributed by atoms with Crippen molar-refractivity contribution in [3.63, 3.8) is 0 Å². The number of fused-ring (bicyclic) bond motifs is 1. The molecule has 0 bridgehead atoms. The highest BCUT2D eigenvalue weighted by atomic mass is 32.1. The van der Waals surface area contributed by atoms with E-state index in [1.165, 1.54) is 60.8 Å². The third-order valence-corrected chi connectivity index (χ3v) is 7.57. The second kappa shape index (κ2) is 11.0. The highest BCUT2D eigenvalue weighted by Crippen LogP contribution is 2.30. The number of benzene rings is 3. The van der Waals surface area contributed by atoms with E-state index in [1.54, 1.807) is 11.3 Å². The highest BCUT2D eigenvalue weighted by Gasteiger charge is 2.11. The summed E-state index contributed by atoms with van der Waals surface area (Å²) in [6.45, 7) is 4.48. The molecule has 0 atom stereocenters. The predicted molar refractivity (Wildman–Crippen MR) is 149 cm³/mol. The van der Waals surface area contributed by atoms with Crippen LogP contribution in [-0.4, -0.2) is 14.6 Å². The average molecular weight is 480 g/mol. The van der Waals surface area contributed by atoms with E-state index in [0.29, 0.717) is 0 Å². The Hall–Kier alpha value is -3.24. The number of aromatic nitrogens is 3. The number of nitrogens with zero attached hydrogens (tertiary/aromatic N) is 3. The number of rotatable bonds is 10. The molecule has 3 aromatic carbocycles. The Morgan fingerprint density at radius 2 is 1.17 bits per heavy atom. The molecule has 178 valence electrons. The third kappa shape index (κ3) is 5.54. The molecule has 5 rings (SSSR count). The molecule has 5 aromatic rings. The van der Waals surface area contributed by atoms with Crippen LogP contribution in [0.15, 0.2) is 79.0 Å². The molecule has 0 saturated heterocycles. The molecule has 4 heteroatoms. The van der Waals surface area contributed by atoms with Gasteiger partial charge in [-0.15, -0.1) is 0 Å². The Bertz CT molecular complexity index is 1330. The SMILES string of the molecule is CCCCCc1ccc(-c2ccc(-c3cn4nc(-c5ccc(CCCC)cc5)sc4n3)cc2)cc1. The van der Waals surface area contributed by atoms with E-state index in [-0.39, 0.29) is 0 Å². The molecule has 35 heavy (non-hydrogen) atoms. The fourth-order valence-electron chi connectivity index (χ4n) is 4.43. The minimum atomic E-state index is 0.924. The van der Waals surface area contributed by atoms with Crippen molar-refractivity contribution in [2.24, 2.45) is 0 Å². The van der Waals surface area contributed by atoms with Crippen LogP contribution in [0.1, 0.15) is 57.1 Å². The molecule has 2 heterocycles. The van der Waals surface area contributed by atoms with Crippen LogP contribution in [0.4, 0.5) is 0 Å². The molecule has 0 amide bonds. The molecule has 0 aliphatic carbocycles. The van der Waals surface area contributed by atoms with E-state index >= 15 is 0 Å². The maximum atomic E-state index is 4.86. The largest absolute Gasteiger partial charge is 0.217 e. The molecule has 0 spiro atoms. The molecule has 0 aliphatic rings. The lowest BCUT2D eigenvalue weighted by molar-refractivity contribution is 0.717. The highest BCUT2D eigenvalue weighted by molar-refractivity contribution is 7.19. The second-order valence-electron chi connectivity index (χ2n) is 9.29. The normalized spacial score (nSPS) is 11.4. The number of aryl methyl sites for hydroxylation is 2. The summed E-state index contributed by atoms with van der Waals surface area (Å²) in [5.41, 5.74) is 8.55. The number of hydrogen-bond donors (Lipinski definition) is 0. The summed E-state index contributed by atoms with van der Waals surface area (Å²) in [5, 5.41) is 5.80. The minimum Gasteiger partial charge on any atom is -0.217 e. The van der Waals surface area contributed by atoms with E-state index in [0.717, 1.165) is 33.2 Å². The first-order chi connectivity index (χ1) is 17.2. The quantitative estimate of drug-likeness (QED) is 0.187. The molecular weight excluding hydrogens is 446 g/mol. The summed E-state index contributed by atoms with van der Waals surface area (Å²) in [7, 11) is 0. The fraction of sp³-hybridized carbons (Fsp3) is 0.290. The lowest BCUT2D eigenvalue weighted by atomic mass is 10.00. The maximum absolute atomic E-state index is 4.86. The van der Waals surface area contributed by atoms with Gasteiger partial charge in [-0.1, -0.05) is 117 Å². The summed E-state index contributed by atoms with van der Waals surface area (Å²) in [4.78, 5) is 5.78. The molecule has 0 unspecified atom stereocenters. The molecule has 2 aromatic heterocycles. The van der Waals surface area contributed by atoms with Gasteiger partial charge in [0.2, 0.25) is 4.96 Å². The third-order valence-electron chi connectivity index (χ3n) is 6.60. The zero-order valence-electron chi connectivity index (χ0n) is 20.7. The number of imidazole rings is 1. The first kappa shape index (κ1) is 23.5. The van der Waals surface area contributed by atoms with Gasteiger partial charge in [-0.25, -0.2) is 9.50 Å². The maximum Gasteiger partial charge on any atom is 0.213 e. The van der Waals surface area contributed by atoms with Crippen molar-refractivity contribution in [3.05, 3.63) is 90.1 Å². The van der Waals surface area contributed by atoms with Gasteiger partial charge in [-0.05, 0) is 47.9 Å². The van der Waals surface area contributed by atoms with E-state index in [1.807, 2.05) is 10.7 Å². The number of hydrogen-bond acceptors (Lipinski definition) is 3. The van der Waals surface area contributed by atoms with Gasteiger partial charge >= 0.3 is 0 Å². The number of unbranched alkanes of at least 4 members (excludes halogenated alkanes) is 3. The molecule has 0 fully saturated rings. The van der Waals surface area contributed by atoms with Crippen LogP contribution in [0, 0.1) is 0 Å². The van der Waals surface area contributed by atoms with Crippen LogP contribution >= 0.6 is 11.3 Å². The van der Waals surface area contributed by atoms with Gasteiger partial charge in [0, 0.05) is 11.1 Å². The molecule has 0 N–H and O–H groups in total. The second-order valence-corrected chi connectivity index (χ2v) is 10.2. The topological polar surface area (TPSA) is 30.2 Å². The van der Waals surface area contributed by atoms with Gasteiger partial charge in [-0.3, -0.25) is 0 Å². The Morgan fingerprint density at radius 1 is 0.629 bits per heavy atom. The molecular formula is C31H33N3S. The average Bonchev–Trinajstić information content (AvgIpc) is 3.48. The van der Waals surface area contributed by atoms with Crippen LogP contribution in [0.3, 0.4) is 0 Å². The van der Waals surface area contributed by atoms with Crippen LogP contribution in [0.25, 0.3) is 37.9 Å². The molecule has 0 radical (unpaired) electrons. The van der Waals surface area contributed by atoms with Crippen molar-refractivity contribution in [1.82, 2.24) is 14.6 Å². The van der Waals surface area contributed by atoms with Crippen LogP contribution in [0.5, 0.6) is 0 Å². The monoisotopic (exact) mass is 479 g/mol. The van der Waals surface area contributed by atoms with Gasteiger partial charge in [-0.2, -0.15) is 5.10 Å². The van der Waals surface area contributed by atoms with Gasteiger partial charge in [0.05, 0.1) is 11.9 Å². The first-order valence-corrected chi connectivity index (χ1v) is 13.7. The van der Waals surface area contributed by atoms with Gasteiger partial charge in [0.1, 0.15) is 5.01 Å². The van der Waals surface area contributed by atoms with Gasteiger partial charge in [0.15, 0.2) is 0 Å². The lowest BCUT2D eigenvalue weighted by Gasteiger charge is -2.05. The first-order valence-electron chi connectivity index (χ1n) is 12.9. The van der Waals surface area contributed by atoms with Crippen LogP contribution < -0.4 is 0 Å². The van der Waals surface area contributed by atoms with E-state index in [2.05, 4.69) is 86.6 Å².